The fraction of sp³-hybridized carbons (Fsp3) is 0.250. The highest BCUT2D eigenvalue weighted by Gasteiger charge is 2.09. The van der Waals surface area contributed by atoms with Gasteiger partial charge in [0.15, 0.2) is 0 Å². The van der Waals surface area contributed by atoms with Gasteiger partial charge in [0.05, 0.1) is 5.69 Å². The summed E-state index contributed by atoms with van der Waals surface area (Å²) in [6.45, 7) is 0. The van der Waals surface area contributed by atoms with E-state index >= 15 is 0 Å². The van der Waals surface area contributed by atoms with Crippen molar-refractivity contribution in [2.45, 2.75) is 0 Å². The number of nitrogens with zero attached hydrogens (tertiary/aromatic N) is 1. The van der Waals surface area contributed by atoms with Crippen LogP contribution in [0.25, 0.3) is 0 Å². The van der Waals surface area contributed by atoms with Crippen molar-refractivity contribution in [3.05, 3.63) is 23.8 Å². The summed E-state index contributed by atoms with van der Waals surface area (Å²) in [5, 5.41) is 0.525. The summed E-state index contributed by atoms with van der Waals surface area (Å²) in [7, 11) is 5.73. The van der Waals surface area contributed by atoms with Gasteiger partial charge in [0.1, 0.15) is 11.6 Å². The third-order valence-electron chi connectivity index (χ3n) is 1.50. The first-order valence-electron chi connectivity index (χ1n) is 3.44. The van der Waals surface area contributed by atoms with Crippen LogP contribution in [0.2, 0.25) is 0 Å². The van der Waals surface area contributed by atoms with Crippen LogP contribution in [0.4, 0.5) is 14.5 Å². The van der Waals surface area contributed by atoms with Crippen LogP contribution in [0.15, 0.2) is 12.1 Å². The largest absolute Gasteiger partial charge is 0.375 e. The van der Waals surface area contributed by atoms with Crippen molar-refractivity contribution < 1.29 is 8.78 Å². The van der Waals surface area contributed by atoms with E-state index in [2.05, 4.69) is 9.24 Å². The standard InChI is InChI=1S/C8H10F2NP/c1-11(2)8-6(10)3-5(9)4-7(8)12/h3-4H,12H2,1-2H3. The molecule has 0 fully saturated rings. The molecule has 0 amide bonds. The minimum absolute atomic E-state index is 0.404. The number of benzene rings is 1. The van der Waals surface area contributed by atoms with Gasteiger partial charge in [-0.2, -0.15) is 0 Å². The summed E-state index contributed by atoms with van der Waals surface area (Å²) in [6, 6.07) is 2.16. The lowest BCUT2D eigenvalue weighted by Crippen LogP contribution is -2.17. The average molecular weight is 189 g/mol. The lowest BCUT2D eigenvalue weighted by molar-refractivity contribution is 0.585. The second-order valence-electron chi connectivity index (χ2n) is 2.72. The molecule has 1 atom stereocenters. The van der Waals surface area contributed by atoms with Crippen molar-refractivity contribution in [2.75, 3.05) is 19.0 Å². The van der Waals surface area contributed by atoms with Crippen molar-refractivity contribution in [3.8, 4) is 0 Å². The molecule has 1 nitrogen and oxygen atoms in total. The molecular formula is C8H10F2NP. The Labute approximate surface area is 72.6 Å². The zero-order valence-corrected chi connectivity index (χ0v) is 8.09. The number of anilines is 1. The molecule has 12 heavy (non-hydrogen) atoms. The van der Waals surface area contributed by atoms with Gasteiger partial charge in [-0.3, -0.25) is 0 Å². The van der Waals surface area contributed by atoms with E-state index in [1.54, 1.807) is 19.0 Å². The van der Waals surface area contributed by atoms with Gasteiger partial charge in [0.25, 0.3) is 0 Å². The molecule has 0 saturated carbocycles. The van der Waals surface area contributed by atoms with Gasteiger partial charge in [-0.05, 0) is 11.4 Å². The minimum atomic E-state index is -0.553. The average Bonchev–Trinajstić information content (AvgIpc) is 1.82. The molecule has 0 heterocycles. The molecule has 0 aliphatic heterocycles. The summed E-state index contributed by atoms with van der Waals surface area (Å²) in [5.41, 5.74) is 0.404. The number of halogens is 2. The van der Waals surface area contributed by atoms with Crippen molar-refractivity contribution in [1.29, 1.82) is 0 Å². The second kappa shape index (κ2) is 3.36. The Kier molecular flexibility index (Phi) is 2.63. The van der Waals surface area contributed by atoms with Gasteiger partial charge in [-0.1, -0.05) is 0 Å². The zero-order chi connectivity index (χ0) is 9.30. The van der Waals surface area contributed by atoms with E-state index in [9.17, 15) is 8.78 Å². The van der Waals surface area contributed by atoms with Gasteiger partial charge < -0.3 is 4.90 Å². The molecule has 0 aliphatic rings. The van der Waals surface area contributed by atoms with E-state index in [0.29, 0.717) is 11.0 Å². The number of hydrogen-bond donors (Lipinski definition) is 0. The van der Waals surface area contributed by atoms with E-state index in [-0.39, 0.29) is 0 Å². The molecular weight excluding hydrogens is 179 g/mol. The fourth-order valence-corrected chi connectivity index (χ4v) is 1.61. The summed E-state index contributed by atoms with van der Waals surface area (Å²) in [5.74, 6) is -1.09. The molecule has 1 unspecified atom stereocenters. The van der Waals surface area contributed by atoms with E-state index in [4.69, 9.17) is 0 Å². The smallest absolute Gasteiger partial charge is 0.150 e. The predicted molar refractivity (Wildman–Crippen MR) is 50.0 cm³/mol. The summed E-state index contributed by atoms with van der Waals surface area (Å²) < 4.78 is 25.7. The minimum Gasteiger partial charge on any atom is -0.375 e. The summed E-state index contributed by atoms with van der Waals surface area (Å²) in [6.07, 6.45) is 0. The Morgan fingerprint density at radius 2 is 1.83 bits per heavy atom. The van der Waals surface area contributed by atoms with E-state index in [1.165, 1.54) is 6.07 Å². The molecule has 4 heteroatoms. The molecule has 0 saturated heterocycles. The molecule has 0 bridgehead atoms. The monoisotopic (exact) mass is 189 g/mol. The highest BCUT2D eigenvalue weighted by molar-refractivity contribution is 7.28. The van der Waals surface area contributed by atoms with E-state index in [0.717, 1.165) is 6.07 Å². The maximum atomic E-state index is 13.1. The normalized spacial score (nSPS) is 10.1. The Bertz CT molecular complexity index is 276. The summed E-state index contributed by atoms with van der Waals surface area (Å²) in [4.78, 5) is 1.61. The molecule has 0 aromatic heterocycles. The number of rotatable bonds is 1. The second-order valence-corrected chi connectivity index (χ2v) is 3.34. The third-order valence-corrected chi connectivity index (χ3v) is 1.94. The first kappa shape index (κ1) is 9.40. The maximum Gasteiger partial charge on any atom is 0.150 e. The molecule has 1 rings (SSSR count). The van der Waals surface area contributed by atoms with Crippen molar-refractivity contribution >= 4 is 20.2 Å². The topological polar surface area (TPSA) is 3.24 Å². The van der Waals surface area contributed by atoms with Crippen LogP contribution >= 0.6 is 9.24 Å². The Hall–Kier alpha value is -0.690. The van der Waals surface area contributed by atoms with Crippen LogP contribution in [0.5, 0.6) is 0 Å². The predicted octanol–water partition coefficient (Wildman–Crippen LogP) is 1.53. The molecule has 66 valence electrons. The van der Waals surface area contributed by atoms with Gasteiger partial charge in [-0.25, -0.2) is 8.78 Å². The van der Waals surface area contributed by atoms with Gasteiger partial charge in [0.2, 0.25) is 0 Å². The SMILES string of the molecule is CN(C)c1c(F)cc(F)cc1P. The van der Waals surface area contributed by atoms with Gasteiger partial charge >= 0.3 is 0 Å². The lowest BCUT2D eigenvalue weighted by atomic mass is 10.3. The lowest BCUT2D eigenvalue weighted by Gasteiger charge is -2.15. The van der Waals surface area contributed by atoms with Crippen LogP contribution < -0.4 is 10.2 Å². The van der Waals surface area contributed by atoms with E-state index < -0.39 is 11.6 Å². The fourth-order valence-electron chi connectivity index (χ4n) is 1.06. The van der Waals surface area contributed by atoms with Crippen LogP contribution in [0, 0.1) is 11.6 Å². The Morgan fingerprint density at radius 1 is 1.25 bits per heavy atom. The Morgan fingerprint density at radius 3 is 2.25 bits per heavy atom. The molecule has 0 spiro atoms. The van der Waals surface area contributed by atoms with Crippen molar-refractivity contribution in [1.82, 2.24) is 0 Å². The van der Waals surface area contributed by atoms with Gasteiger partial charge in [-0.15, -0.1) is 9.24 Å². The zero-order valence-electron chi connectivity index (χ0n) is 6.94. The van der Waals surface area contributed by atoms with Crippen molar-refractivity contribution in [3.63, 3.8) is 0 Å². The van der Waals surface area contributed by atoms with Crippen molar-refractivity contribution in [2.24, 2.45) is 0 Å². The third kappa shape index (κ3) is 1.72. The molecule has 0 aliphatic carbocycles. The first-order valence-corrected chi connectivity index (χ1v) is 4.02. The maximum absolute atomic E-state index is 13.1. The molecule has 1 aromatic rings. The van der Waals surface area contributed by atoms with Crippen LogP contribution in [-0.2, 0) is 0 Å². The molecule has 0 N–H and O–H groups in total. The van der Waals surface area contributed by atoms with Crippen LogP contribution in [-0.4, -0.2) is 14.1 Å². The number of hydrogen-bond acceptors (Lipinski definition) is 1. The van der Waals surface area contributed by atoms with Crippen LogP contribution in [0.3, 0.4) is 0 Å². The molecule has 1 aromatic carbocycles. The van der Waals surface area contributed by atoms with Gasteiger partial charge in [0, 0.05) is 20.2 Å². The highest BCUT2D eigenvalue weighted by Crippen LogP contribution is 2.17. The van der Waals surface area contributed by atoms with E-state index in [1.807, 2.05) is 0 Å². The Balaban J connectivity index is 3.28. The summed E-state index contributed by atoms with van der Waals surface area (Å²) >= 11 is 0. The molecule has 0 radical (unpaired) electrons. The first-order chi connectivity index (χ1) is 5.52. The quantitative estimate of drug-likeness (QED) is 0.605. The van der Waals surface area contributed by atoms with Crippen LogP contribution in [0.1, 0.15) is 0 Å². The highest BCUT2D eigenvalue weighted by atomic mass is 31.0.